The van der Waals surface area contributed by atoms with Gasteiger partial charge >= 0.3 is 0 Å². The van der Waals surface area contributed by atoms with Crippen LogP contribution in [-0.4, -0.2) is 21.7 Å². The van der Waals surface area contributed by atoms with E-state index in [-0.39, 0.29) is 5.91 Å². The monoisotopic (exact) mass is 511 g/mol. The van der Waals surface area contributed by atoms with E-state index in [0.29, 0.717) is 22.4 Å². The third-order valence-electron chi connectivity index (χ3n) is 3.75. The van der Waals surface area contributed by atoms with Gasteiger partial charge in [-0.1, -0.05) is 58.1 Å². The number of hydrogen-bond donors (Lipinski definition) is 0. The van der Waals surface area contributed by atoms with E-state index in [2.05, 4.69) is 31.9 Å². The van der Waals surface area contributed by atoms with Gasteiger partial charge in [-0.15, -0.1) is 0 Å². The summed E-state index contributed by atoms with van der Waals surface area (Å²) in [4.78, 5) is 14.5. The average molecular weight is 513 g/mol. The third kappa shape index (κ3) is 4.57. The van der Waals surface area contributed by atoms with Gasteiger partial charge in [-0.2, -0.15) is 0 Å². The quantitative estimate of drug-likeness (QED) is 0.362. The van der Waals surface area contributed by atoms with Crippen molar-refractivity contribution in [3.05, 3.63) is 67.4 Å². The molecule has 0 aromatic heterocycles. The molecule has 0 saturated carbocycles. The third-order valence-corrected chi connectivity index (χ3v) is 6.28. The molecule has 1 heterocycles. The summed E-state index contributed by atoms with van der Waals surface area (Å²) in [7, 11) is 0. The van der Waals surface area contributed by atoms with Crippen LogP contribution in [0.15, 0.2) is 56.3 Å². The lowest BCUT2D eigenvalue weighted by molar-refractivity contribution is -0.121. The first-order valence-electron chi connectivity index (χ1n) is 7.90. The molecule has 26 heavy (non-hydrogen) atoms. The lowest BCUT2D eigenvalue weighted by Crippen LogP contribution is -2.27. The lowest BCUT2D eigenvalue weighted by atomic mass is 10.2. The minimum Gasteiger partial charge on any atom is -0.488 e. The second kappa shape index (κ2) is 8.69. The van der Waals surface area contributed by atoms with Gasteiger partial charge in [0.25, 0.3) is 5.91 Å². The van der Waals surface area contributed by atoms with Crippen molar-refractivity contribution in [2.75, 3.05) is 6.54 Å². The maximum Gasteiger partial charge on any atom is 0.266 e. The molecule has 7 heteroatoms. The molecule has 2 aromatic rings. The van der Waals surface area contributed by atoms with E-state index in [9.17, 15) is 4.79 Å². The van der Waals surface area contributed by atoms with Crippen LogP contribution >= 0.6 is 55.8 Å². The Morgan fingerprint density at radius 2 is 1.92 bits per heavy atom. The Morgan fingerprint density at radius 3 is 2.54 bits per heavy atom. The highest BCUT2D eigenvalue weighted by Crippen LogP contribution is 2.34. The number of hydrogen-bond acceptors (Lipinski definition) is 4. The Morgan fingerprint density at radius 1 is 1.19 bits per heavy atom. The van der Waals surface area contributed by atoms with Gasteiger partial charge < -0.3 is 4.74 Å². The molecule has 0 bridgehead atoms. The van der Waals surface area contributed by atoms with Gasteiger partial charge in [0, 0.05) is 11.0 Å². The van der Waals surface area contributed by atoms with Crippen LogP contribution < -0.4 is 4.74 Å². The maximum atomic E-state index is 12.3. The lowest BCUT2D eigenvalue weighted by Gasteiger charge is -2.10. The highest BCUT2D eigenvalue weighted by Gasteiger charge is 2.30. The van der Waals surface area contributed by atoms with Crippen molar-refractivity contribution in [3.63, 3.8) is 0 Å². The number of thiocarbonyl (C=S) groups is 1. The minimum atomic E-state index is -0.0332. The van der Waals surface area contributed by atoms with Crippen molar-refractivity contribution in [1.82, 2.24) is 4.90 Å². The van der Waals surface area contributed by atoms with Crippen LogP contribution in [0.3, 0.4) is 0 Å². The number of rotatable bonds is 5. The first-order valence-corrected chi connectivity index (χ1v) is 10.7. The average Bonchev–Trinajstić information content (AvgIpc) is 2.88. The van der Waals surface area contributed by atoms with E-state index < -0.39 is 0 Å². The SMILES string of the molecule is CCN1C(=O)/C(=C/c2ccc(OCc3ccc(Br)cc3)c(Br)c2)SC1=S. The van der Waals surface area contributed by atoms with Crippen molar-refractivity contribution in [2.45, 2.75) is 13.5 Å². The highest BCUT2D eigenvalue weighted by molar-refractivity contribution is 9.10. The van der Waals surface area contributed by atoms with Crippen molar-refractivity contribution in [3.8, 4) is 5.75 Å². The van der Waals surface area contributed by atoms with Crippen molar-refractivity contribution in [2.24, 2.45) is 0 Å². The molecule has 0 aliphatic carbocycles. The summed E-state index contributed by atoms with van der Waals surface area (Å²) in [5, 5.41) is 0. The van der Waals surface area contributed by atoms with Crippen LogP contribution in [0.1, 0.15) is 18.1 Å². The van der Waals surface area contributed by atoms with Gasteiger partial charge in [0.05, 0.1) is 9.38 Å². The number of carbonyl (C=O) groups excluding carboxylic acids is 1. The summed E-state index contributed by atoms with van der Waals surface area (Å²) in [5.41, 5.74) is 2.01. The van der Waals surface area contributed by atoms with Crippen molar-refractivity contribution >= 4 is 72.1 Å². The van der Waals surface area contributed by atoms with Crippen LogP contribution in [0.25, 0.3) is 6.08 Å². The number of thioether (sulfide) groups is 1. The van der Waals surface area contributed by atoms with E-state index in [1.54, 1.807) is 4.90 Å². The molecule has 0 radical (unpaired) electrons. The van der Waals surface area contributed by atoms with E-state index in [1.807, 2.05) is 55.5 Å². The molecule has 0 atom stereocenters. The van der Waals surface area contributed by atoms with E-state index >= 15 is 0 Å². The van der Waals surface area contributed by atoms with Gasteiger partial charge in [0.1, 0.15) is 16.7 Å². The minimum absolute atomic E-state index is 0.0332. The highest BCUT2D eigenvalue weighted by atomic mass is 79.9. The topological polar surface area (TPSA) is 29.5 Å². The normalized spacial score (nSPS) is 15.8. The van der Waals surface area contributed by atoms with Gasteiger partial charge in [-0.3, -0.25) is 9.69 Å². The molecule has 3 rings (SSSR count). The molecule has 1 aliphatic rings. The van der Waals surface area contributed by atoms with Gasteiger partial charge in [0.2, 0.25) is 0 Å². The zero-order valence-electron chi connectivity index (χ0n) is 13.9. The van der Waals surface area contributed by atoms with Crippen molar-refractivity contribution < 1.29 is 9.53 Å². The number of amides is 1. The van der Waals surface area contributed by atoms with Gasteiger partial charge in [0.15, 0.2) is 0 Å². The van der Waals surface area contributed by atoms with Gasteiger partial charge in [-0.25, -0.2) is 0 Å². The molecule has 1 fully saturated rings. The van der Waals surface area contributed by atoms with Crippen LogP contribution in [0.2, 0.25) is 0 Å². The summed E-state index contributed by atoms with van der Waals surface area (Å²) in [5.74, 6) is 0.723. The van der Waals surface area contributed by atoms with Crippen LogP contribution in [0.4, 0.5) is 0 Å². The Labute approximate surface area is 179 Å². The number of nitrogens with zero attached hydrogens (tertiary/aromatic N) is 1. The fourth-order valence-corrected chi connectivity index (χ4v) is 4.55. The molecule has 1 aliphatic heterocycles. The molecule has 0 N–H and O–H groups in total. The molecule has 3 nitrogen and oxygen atoms in total. The molecule has 134 valence electrons. The molecule has 0 spiro atoms. The van der Waals surface area contributed by atoms with E-state index in [4.69, 9.17) is 17.0 Å². The van der Waals surface area contributed by atoms with Crippen LogP contribution in [-0.2, 0) is 11.4 Å². The second-order valence-corrected chi connectivity index (χ2v) is 8.98. The van der Waals surface area contributed by atoms with Crippen LogP contribution in [0.5, 0.6) is 5.75 Å². The predicted molar refractivity (Wildman–Crippen MR) is 118 cm³/mol. The zero-order valence-corrected chi connectivity index (χ0v) is 18.7. The molecule has 1 amide bonds. The smallest absolute Gasteiger partial charge is 0.266 e. The summed E-state index contributed by atoms with van der Waals surface area (Å²) in [6.07, 6.45) is 1.86. The summed E-state index contributed by atoms with van der Waals surface area (Å²) in [6.45, 7) is 3.00. The molecule has 0 unspecified atom stereocenters. The summed E-state index contributed by atoms with van der Waals surface area (Å²) >= 11 is 13.5. The summed E-state index contributed by atoms with van der Waals surface area (Å²) in [6, 6.07) is 13.8. The zero-order chi connectivity index (χ0) is 18.7. The molecular weight excluding hydrogens is 498 g/mol. The molecule has 2 aromatic carbocycles. The number of halogens is 2. The Balaban J connectivity index is 1.71. The number of ether oxygens (including phenoxy) is 1. The first-order chi connectivity index (χ1) is 12.5. The number of benzene rings is 2. The largest absolute Gasteiger partial charge is 0.488 e. The fourth-order valence-electron chi connectivity index (χ4n) is 2.39. The second-order valence-electron chi connectivity index (χ2n) is 5.53. The fraction of sp³-hybridized carbons (Fsp3) is 0.158. The number of carbonyl (C=O) groups is 1. The maximum absolute atomic E-state index is 12.3. The van der Waals surface area contributed by atoms with Gasteiger partial charge in [-0.05, 0) is 64.3 Å². The van der Waals surface area contributed by atoms with Crippen LogP contribution in [0, 0.1) is 0 Å². The molecule has 1 saturated heterocycles. The predicted octanol–water partition coefficient (Wildman–Crippen LogP) is 6.01. The summed E-state index contributed by atoms with van der Waals surface area (Å²) < 4.78 is 8.37. The Kier molecular flexibility index (Phi) is 6.55. The number of likely N-dealkylation sites (N-methyl/N-ethyl adjacent to an activating group) is 1. The Bertz CT molecular complexity index is 882. The first kappa shape index (κ1) is 19.6. The Hall–Kier alpha value is -1.15. The van der Waals surface area contributed by atoms with Crippen molar-refractivity contribution in [1.29, 1.82) is 0 Å². The van der Waals surface area contributed by atoms with E-state index in [0.717, 1.165) is 25.8 Å². The van der Waals surface area contributed by atoms with E-state index in [1.165, 1.54) is 11.8 Å². The standard InChI is InChI=1S/C19H15Br2NO2S2/c1-2-22-18(23)17(26-19(22)25)10-13-5-8-16(15(21)9-13)24-11-12-3-6-14(20)7-4-12/h3-10H,2,11H2,1H3/b17-10-. The molecular formula is C19H15Br2NO2S2.